The third-order valence-corrected chi connectivity index (χ3v) is 3.17. The molecule has 23 heavy (non-hydrogen) atoms. The van der Waals surface area contributed by atoms with Crippen LogP contribution in [0.5, 0.6) is 0 Å². The quantitative estimate of drug-likeness (QED) is 0.853. The van der Waals surface area contributed by atoms with Gasteiger partial charge in [0, 0.05) is 24.3 Å². The van der Waals surface area contributed by atoms with E-state index in [1.807, 2.05) is 25.1 Å². The molecule has 0 spiro atoms. The van der Waals surface area contributed by atoms with Gasteiger partial charge in [-0.2, -0.15) is 13.2 Å². The molecule has 2 aromatic carbocycles. The summed E-state index contributed by atoms with van der Waals surface area (Å²) in [5.74, 6) is -0.199. The van der Waals surface area contributed by atoms with Crippen molar-refractivity contribution >= 4 is 17.3 Å². The second-order valence-corrected chi connectivity index (χ2v) is 5.17. The molecule has 0 aliphatic rings. The fourth-order valence-electron chi connectivity index (χ4n) is 2.07. The molecule has 0 unspecified atom stereocenters. The summed E-state index contributed by atoms with van der Waals surface area (Å²) >= 11 is 0. The number of amides is 1. The zero-order chi connectivity index (χ0) is 16.9. The third kappa shape index (κ3) is 5.32. The summed E-state index contributed by atoms with van der Waals surface area (Å²) in [5, 5.41) is 5.57. The van der Waals surface area contributed by atoms with Crippen LogP contribution in [0, 0.1) is 6.92 Å². The van der Waals surface area contributed by atoms with Gasteiger partial charge in [0.2, 0.25) is 5.91 Å². The second-order valence-electron chi connectivity index (χ2n) is 5.17. The lowest BCUT2D eigenvalue weighted by Crippen LogP contribution is -2.16. The molecule has 0 atom stereocenters. The fraction of sp³-hybridized carbons (Fsp3) is 0.235. The zero-order valence-electron chi connectivity index (χ0n) is 12.6. The number of rotatable bonds is 5. The van der Waals surface area contributed by atoms with Crippen molar-refractivity contribution in [1.82, 2.24) is 0 Å². The van der Waals surface area contributed by atoms with Crippen LogP contribution in [0.15, 0.2) is 48.5 Å². The molecule has 0 bridgehead atoms. The highest BCUT2D eigenvalue weighted by atomic mass is 19.4. The van der Waals surface area contributed by atoms with E-state index in [2.05, 4.69) is 10.6 Å². The van der Waals surface area contributed by atoms with Crippen LogP contribution in [-0.2, 0) is 11.0 Å². The van der Waals surface area contributed by atoms with Crippen LogP contribution in [0.3, 0.4) is 0 Å². The van der Waals surface area contributed by atoms with Gasteiger partial charge in [-0.15, -0.1) is 0 Å². The predicted octanol–water partition coefficient (Wildman–Crippen LogP) is 4.45. The van der Waals surface area contributed by atoms with Gasteiger partial charge in [0.25, 0.3) is 0 Å². The summed E-state index contributed by atoms with van der Waals surface area (Å²) in [4.78, 5) is 11.8. The molecular weight excluding hydrogens is 305 g/mol. The number of hydrogen-bond donors (Lipinski definition) is 2. The van der Waals surface area contributed by atoms with E-state index < -0.39 is 11.7 Å². The largest absolute Gasteiger partial charge is 0.416 e. The summed E-state index contributed by atoms with van der Waals surface area (Å²) in [6, 6.07) is 12.3. The molecule has 2 N–H and O–H groups in total. The Bertz CT molecular complexity index is 684. The minimum absolute atomic E-state index is 0.157. The Balaban J connectivity index is 1.84. The van der Waals surface area contributed by atoms with E-state index in [1.165, 1.54) is 12.1 Å². The number of carbonyl (C=O) groups is 1. The number of nitrogens with one attached hydrogen (secondary N) is 2. The number of benzene rings is 2. The van der Waals surface area contributed by atoms with Crippen molar-refractivity contribution in [3.05, 3.63) is 59.7 Å². The van der Waals surface area contributed by atoms with Crippen LogP contribution in [0.25, 0.3) is 0 Å². The fourth-order valence-corrected chi connectivity index (χ4v) is 2.07. The molecule has 0 aliphatic carbocycles. The Labute approximate surface area is 132 Å². The van der Waals surface area contributed by atoms with Crippen molar-refractivity contribution in [2.24, 2.45) is 0 Å². The maximum Gasteiger partial charge on any atom is 0.416 e. The van der Waals surface area contributed by atoms with Gasteiger partial charge in [-0.3, -0.25) is 4.79 Å². The number of anilines is 2. The summed E-state index contributed by atoms with van der Waals surface area (Å²) in [5.41, 5.74) is 1.36. The van der Waals surface area contributed by atoms with Crippen molar-refractivity contribution in [3.63, 3.8) is 0 Å². The Morgan fingerprint density at radius 2 is 1.74 bits per heavy atom. The first-order chi connectivity index (χ1) is 10.8. The zero-order valence-corrected chi connectivity index (χ0v) is 12.6. The smallest absolute Gasteiger partial charge is 0.385 e. The summed E-state index contributed by atoms with van der Waals surface area (Å²) in [6.45, 7) is 2.17. The standard InChI is InChI=1S/C17H17F3N2O/c1-12-4-2-7-15(10-12)22-16(23)8-9-21-14-6-3-5-13(11-14)17(18,19)20/h2-7,10-11,21H,8-9H2,1H3,(H,22,23). The first kappa shape index (κ1) is 16.9. The summed E-state index contributed by atoms with van der Waals surface area (Å²) in [7, 11) is 0. The highest BCUT2D eigenvalue weighted by Gasteiger charge is 2.30. The summed E-state index contributed by atoms with van der Waals surface area (Å²) in [6.07, 6.45) is -4.22. The van der Waals surface area contributed by atoms with Crippen LogP contribution >= 0.6 is 0 Å². The number of carbonyl (C=O) groups excluding carboxylic acids is 1. The van der Waals surface area contributed by atoms with E-state index in [0.29, 0.717) is 11.4 Å². The highest BCUT2D eigenvalue weighted by Crippen LogP contribution is 2.30. The maximum atomic E-state index is 12.6. The van der Waals surface area contributed by atoms with Crippen molar-refractivity contribution in [1.29, 1.82) is 0 Å². The van der Waals surface area contributed by atoms with E-state index in [-0.39, 0.29) is 18.9 Å². The number of alkyl halides is 3. The monoisotopic (exact) mass is 322 g/mol. The van der Waals surface area contributed by atoms with Gasteiger partial charge in [-0.05, 0) is 42.8 Å². The lowest BCUT2D eigenvalue weighted by molar-refractivity contribution is -0.137. The van der Waals surface area contributed by atoms with Crippen LogP contribution in [0.1, 0.15) is 17.5 Å². The van der Waals surface area contributed by atoms with Crippen molar-refractivity contribution < 1.29 is 18.0 Å². The molecule has 1 amide bonds. The lowest BCUT2D eigenvalue weighted by Gasteiger charge is -2.11. The molecule has 0 aromatic heterocycles. The van der Waals surface area contributed by atoms with Gasteiger partial charge in [-0.1, -0.05) is 18.2 Å². The molecule has 0 fully saturated rings. The normalized spacial score (nSPS) is 11.1. The van der Waals surface area contributed by atoms with Gasteiger partial charge >= 0.3 is 6.18 Å². The van der Waals surface area contributed by atoms with Crippen molar-refractivity contribution in [2.75, 3.05) is 17.2 Å². The molecule has 122 valence electrons. The summed E-state index contributed by atoms with van der Waals surface area (Å²) < 4.78 is 37.8. The van der Waals surface area contributed by atoms with E-state index in [4.69, 9.17) is 0 Å². The van der Waals surface area contributed by atoms with Gasteiger partial charge in [-0.25, -0.2) is 0 Å². The molecule has 0 heterocycles. The Hall–Kier alpha value is -2.50. The molecule has 6 heteroatoms. The molecule has 0 aliphatic heterocycles. The molecule has 0 saturated carbocycles. The third-order valence-electron chi connectivity index (χ3n) is 3.17. The minimum Gasteiger partial charge on any atom is -0.385 e. The Kier molecular flexibility index (Phi) is 5.26. The highest BCUT2D eigenvalue weighted by molar-refractivity contribution is 5.91. The van der Waals surface area contributed by atoms with E-state index in [0.717, 1.165) is 17.7 Å². The van der Waals surface area contributed by atoms with Gasteiger partial charge in [0.15, 0.2) is 0 Å². The number of aryl methyl sites for hydroxylation is 1. The Morgan fingerprint density at radius 3 is 2.43 bits per heavy atom. The van der Waals surface area contributed by atoms with E-state index >= 15 is 0 Å². The van der Waals surface area contributed by atoms with E-state index in [1.54, 1.807) is 6.07 Å². The van der Waals surface area contributed by atoms with Crippen LogP contribution in [0.2, 0.25) is 0 Å². The molecule has 0 saturated heterocycles. The number of halogens is 3. The van der Waals surface area contributed by atoms with Crippen molar-refractivity contribution in [3.8, 4) is 0 Å². The second kappa shape index (κ2) is 7.17. The number of hydrogen-bond acceptors (Lipinski definition) is 2. The topological polar surface area (TPSA) is 41.1 Å². The average molecular weight is 322 g/mol. The van der Waals surface area contributed by atoms with Crippen LogP contribution < -0.4 is 10.6 Å². The molecule has 3 nitrogen and oxygen atoms in total. The average Bonchev–Trinajstić information content (AvgIpc) is 2.46. The minimum atomic E-state index is -4.37. The first-order valence-electron chi connectivity index (χ1n) is 7.12. The molecule has 2 aromatic rings. The molecular formula is C17H17F3N2O. The predicted molar refractivity (Wildman–Crippen MR) is 84.4 cm³/mol. The maximum absolute atomic E-state index is 12.6. The van der Waals surface area contributed by atoms with Gasteiger partial charge in [0.1, 0.15) is 0 Å². The first-order valence-corrected chi connectivity index (χ1v) is 7.12. The van der Waals surface area contributed by atoms with E-state index in [9.17, 15) is 18.0 Å². The molecule has 2 rings (SSSR count). The Morgan fingerprint density at radius 1 is 1.04 bits per heavy atom. The van der Waals surface area contributed by atoms with Crippen LogP contribution in [0.4, 0.5) is 24.5 Å². The molecule has 0 radical (unpaired) electrons. The SMILES string of the molecule is Cc1cccc(NC(=O)CCNc2cccc(C(F)(F)F)c2)c1. The van der Waals surface area contributed by atoms with Gasteiger partial charge in [0.05, 0.1) is 5.56 Å². The van der Waals surface area contributed by atoms with Gasteiger partial charge < -0.3 is 10.6 Å². The van der Waals surface area contributed by atoms with Crippen molar-refractivity contribution in [2.45, 2.75) is 19.5 Å². The lowest BCUT2D eigenvalue weighted by atomic mass is 10.2. The van der Waals surface area contributed by atoms with Crippen LogP contribution in [-0.4, -0.2) is 12.5 Å².